The highest BCUT2D eigenvalue weighted by Gasteiger charge is 2.03. The Morgan fingerprint density at radius 3 is 1.55 bits per heavy atom. The van der Waals surface area contributed by atoms with E-state index in [1.807, 2.05) is 38.6 Å². The molecule has 0 radical (unpaired) electrons. The maximum Gasteiger partial charge on any atom is 0.0346 e. The zero-order valence-corrected chi connectivity index (χ0v) is 13.2. The van der Waals surface area contributed by atoms with E-state index >= 15 is 0 Å². The number of aromatic nitrogens is 2. The van der Waals surface area contributed by atoms with Gasteiger partial charge in [0.2, 0.25) is 0 Å². The van der Waals surface area contributed by atoms with E-state index in [0.717, 1.165) is 11.1 Å². The van der Waals surface area contributed by atoms with Crippen LogP contribution in [0.25, 0.3) is 22.3 Å². The number of benzene rings is 1. The lowest BCUT2D eigenvalue weighted by Gasteiger charge is -2.07. The minimum atomic E-state index is 1.14. The van der Waals surface area contributed by atoms with Gasteiger partial charge in [0, 0.05) is 35.9 Å². The molecule has 3 heteroatoms. The van der Waals surface area contributed by atoms with Gasteiger partial charge in [-0.25, -0.2) is 0 Å². The number of nitrogens with zero attached hydrogens (tertiary/aromatic N) is 2. The Hall–Kier alpha value is -2.52. The summed E-state index contributed by atoms with van der Waals surface area (Å²) in [5.74, 6) is 0. The summed E-state index contributed by atoms with van der Waals surface area (Å²) in [6.45, 7) is 2.11. The van der Waals surface area contributed by atoms with Crippen molar-refractivity contribution in [3.8, 4) is 22.3 Å². The second-order valence-corrected chi connectivity index (χ2v) is 5.07. The summed E-state index contributed by atoms with van der Waals surface area (Å²) in [5.41, 5.74) is 5.88. The Bertz CT molecular complexity index is 637. The summed E-state index contributed by atoms with van der Waals surface area (Å²) in [6.07, 6.45) is 7.37. The van der Waals surface area contributed by atoms with Crippen molar-refractivity contribution in [3.05, 3.63) is 72.8 Å². The Morgan fingerprint density at radius 1 is 0.727 bits per heavy atom. The fourth-order valence-corrected chi connectivity index (χ4v) is 2.18. The molecule has 0 bridgehead atoms. The van der Waals surface area contributed by atoms with Crippen molar-refractivity contribution < 1.29 is 0 Å². The van der Waals surface area contributed by atoms with Crippen LogP contribution in [0.15, 0.2) is 67.3 Å². The van der Waals surface area contributed by atoms with Crippen molar-refractivity contribution >= 4 is 0 Å². The van der Waals surface area contributed by atoms with Crippen LogP contribution in [-0.4, -0.2) is 24.1 Å². The fraction of sp³-hybridized carbons (Fsp3) is 0.158. The largest absolute Gasteiger partial charge is 0.323 e. The van der Waals surface area contributed by atoms with Gasteiger partial charge in [-0.2, -0.15) is 0 Å². The van der Waals surface area contributed by atoms with Gasteiger partial charge < -0.3 is 5.32 Å². The van der Waals surface area contributed by atoms with Crippen LogP contribution in [0.2, 0.25) is 0 Å². The average Bonchev–Trinajstić information content (AvgIpc) is 2.57. The molecule has 2 heterocycles. The zero-order valence-electron chi connectivity index (χ0n) is 13.2. The van der Waals surface area contributed by atoms with Gasteiger partial charge in [0.05, 0.1) is 0 Å². The second-order valence-electron chi connectivity index (χ2n) is 5.07. The Kier molecular flexibility index (Phi) is 5.81. The van der Waals surface area contributed by atoms with Crippen molar-refractivity contribution in [1.29, 1.82) is 0 Å². The molecule has 3 nitrogen and oxygen atoms in total. The van der Waals surface area contributed by atoms with Gasteiger partial charge in [-0.05, 0) is 55.9 Å². The number of hydrogen-bond acceptors (Lipinski definition) is 3. The monoisotopic (exact) mass is 291 g/mol. The van der Waals surface area contributed by atoms with E-state index in [2.05, 4.69) is 52.5 Å². The molecule has 0 atom stereocenters. The summed E-state index contributed by atoms with van der Waals surface area (Å²) in [5, 5.41) is 2.75. The average molecular weight is 291 g/mol. The maximum atomic E-state index is 4.18. The minimum absolute atomic E-state index is 1.14. The highest BCUT2D eigenvalue weighted by Crippen LogP contribution is 2.27. The highest BCUT2D eigenvalue weighted by atomic mass is 14.7. The van der Waals surface area contributed by atoms with E-state index < -0.39 is 0 Å². The summed E-state index contributed by atoms with van der Waals surface area (Å²) in [4.78, 5) is 8.36. The smallest absolute Gasteiger partial charge is 0.0346 e. The molecule has 0 unspecified atom stereocenters. The van der Waals surface area contributed by atoms with Crippen molar-refractivity contribution in [2.45, 2.75) is 6.92 Å². The van der Waals surface area contributed by atoms with Crippen LogP contribution in [0.5, 0.6) is 0 Å². The zero-order chi connectivity index (χ0) is 15.8. The van der Waals surface area contributed by atoms with Crippen molar-refractivity contribution in [2.24, 2.45) is 0 Å². The summed E-state index contributed by atoms with van der Waals surface area (Å²) in [6, 6.07) is 14.6. The molecule has 0 amide bonds. The van der Waals surface area contributed by atoms with E-state index in [0.29, 0.717) is 0 Å². The Balaban J connectivity index is 0.000000545. The standard InChI is InChI=1S/C17H14N2.C2H7N/c1-13-8-16(14-4-2-6-18-11-14)10-17(9-13)15-5-3-7-19-12-15;1-3-2/h2-12H,1H3;3H,1-2H3. The summed E-state index contributed by atoms with van der Waals surface area (Å²) in [7, 11) is 3.75. The van der Waals surface area contributed by atoms with Crippen molar-refractivity contribution in [1.82, 2.24) is 15.3 Å². The van der Waals surface area contributed by atoms with E-state index in [1.165, 1.54) is 16.7 Å². The van der Waals surface area contributed by atoms with Crippen LogP contribution in [0, 0.1) is 6.92 Å². The van der Waals surface area contributed by atoms with Gasteiger partial charge in [-0.1, -0.05) is 24.3 Å². The van der Waals surface area contributed by atoms with Gasteiger partial charge >= 0.3 is 0 Å². The molecule has 22 heavy (non-hydrogen) atoms. The summed E-state index contributed by atoms with van der Waals surface area (Å²) < 4.78 is 0. The molecule has 1 N–H and O–H groups in total. The minimum Gasteiger partial charge on any atom is -0.323 e. The summed E-state index contributed by atoms with van der Waals surface area (Å²) >= 11 is 0. The normalized spacial score (nSPS) is 9.77. The molecule has 0 aliphatic rings. The molecular formula is C19H21N3. The SMILES string of the molecule is CNC.Cc1cc(-c2cccnc2)cc(-c2cccnc2)c1. The third-order valence-corrected chi connectivity index (χ3v) is 3.07. The highest BCUT2D eigenvalue weighted by molar-refractivity contribution is 5.73. The van der Waals surface area contributed by atoms with E-state index in [-0.39, 0.29) is 0 Å². The number of aryl methyl sites for hydroxylation is 1. The predicted molar refractivity (Wildman–Crippen MR) is 92.6 cm³/mol. The first-order valence-corrected chi connectivity index (χ1v) is 7.25. The molecule has 112 valence electrons. The van der Waals surface area contributed by atoms with Gasteiger partial charge in [0.25, 0.3) is 0 Å². The molecule has 0 saturated heterocycles. The molecule has 0 saturated carbocycles. The lowest BCUT2D eigenvalue weighted by atomic mass is 9.98. The first-order chi connectivity index (χ1) is 10.7. The Labute approximate surface area is 132 Å². The van der Waals surface area contributed by atoms with Crippen LogP contribution in [-0.2, 0) is 0 Å². The van der Waals surface area contributed by atoms with Crippen LogP contribution in [0.1, 0.15) is 5.56 Å². The number of rotatable bonds is 2. The van der Waals surface area contributed by atoms with Gasteiger partial charge in [-0.15, -0.1) is 0 Å². The molecule has 0 aliphatic carbocycles. The molecule has 0 spiro atoms. The third-order valence-electron chi connectivity index (χ3n) is 3.07. The van der Waals surface area contributed by atoms with Crippen LogP contribution in [0.4, 0.5) is 0 Å². The van der Waals surface area contributed by atoms with E-state index in [9.17, 15) is 0 Å². The maximum absolute atomic E-state index is 4.18. The van der Waals surface area contributed by atoms with Gasteiger partial charge in [0.15, 0.2) is 0 Å². The fourth-order valence-electron chi connectivity index (χ4n) is 2.18. The molecule has 3 rings (SSSR count). The van der Waals surface area contributed by atoms with E-state index in [4.69, 9.17) is 0 Å². The Morgan fingerprint density at radius 2 is 1.18 bits per heavy atom. The number of nitrogens with one attached hydrogen (secondary N) is 1. The third kappa shape index (κ3) is 4.24. The second kappa shape index (κ2) is 8.05. The molecule has 3 aromatic rings. The predicted octanol–water partition coefficient (Wildman–Crippen LogP) is 3.95. The van der Waals surface area contributed by atoms with Gasteiger partial charge in [-0.3, -0.25) is 9.97 Å². The first-order valence-electron chi connectivity index (χ1n) is 7.25. The van der Waals surface area contributed by atoms with Crippen LogP contribution < -0.4 is 5.32 Å². The molecular weight excluding hydrogens is 270 g/mol. The molecule has 0 fully saturated rings. The quantitative estimate of drug-likeness (QED) is 0.776. The first kappa shape index (κ1) is 15.9. The topological polar surface area (TPSA) is 37.8 Å². The lowest BCUT2D eigenvalue weighted by molar-refractivity contribution is 1.02. The van der Waals surface area contributed by atoms with Crippen LogP contribution in [0.3, 0.4) is 0 Å². The number of pyridine rings is 2. The van der Waals surface area contributed by atoms with Gasteiger partial charge in [0.1, 0.15) is 0 Å². The van der Waals surface area contributed by atoms with Crippen LogP contribution >= 0.6 is 0 Å². The lowest BCUT2D eigenvalue weighted by Crippen LogP contribution is -1.89. The van der Waals surface area contributed by atoms with E-state index in [1.54, 1.807) is 12.4 Å². The molecule has 1 aromatic carbocycles. The number of hydrogen-bond donors (Lipinski definition) is 1. The molecule has 0 aliphatic heterocycles. The molecule has 2 aromatic heterocycles. The van der Waals surface area contributed by atoms with Crippen molar-refractivity contribution in [3.63, 3.8) is 0 Å². The van der Waals surface area contributed by atoms with Crippen molar-refractivity contribution in [2.75, 3.05) is 14.1 Å².